The molecule has 0 aliphatic carbocycles. The molecule has 0 radical (unpaired) electrons. The lowest BCUT2D eigenvalue weighted by atomic mass is 10.1. The highest BCUT2D eigenvalue weighted by Crippen LogP contribution is 2.17. The number of rotatable bonds is 8. The lowest BCUT2D eigenvalue weighted by molar-refractivity contribution is 0.161. The van der Waals surface area contributed by atoms with Gasteiger partial charge in [0.05, 0.1) is 6.61 Å². The molecule has 1 aromatic carbocycles. The van der Waals surface area contributed by atoms with Gasteiger partial charge in [-0.1, -0.05) is 35.8 Å². The fourth-order valence-electron chi connectivity index (χ4n) is 2.19. The van der Waals surface area contributed by atoms with Crippen molar-refractivity contribution in [2.75, 3.05) is 20.3 Å². The standard InChI is InChI=1S/C16H23N3O2/c1-4-8-17-14(11-20-3)10-15-18-16(19-21-15)13-7-5-6-12(2)9-13/h5-7,9,14,17H,4,8,10-11H2,1-3H3. The van der Waals surface area contributed by atoms with Crippen LogP contribution < -0.4 is 5.32 Å². The van der Waals surface area contributed by atoms with Crippen LogP contribution in [-0.2, 0) is 11.2 Å². The van der Waals surface area contributed by atoms with Gasteiger partial charge in [0.15, 0.2) is 0 Å². The fourth-order valence-corrected chi connectivity index (χ4v) is 2.19. The molecule has 1 aromatic heterocycles. The molecule has 0 saturated heterocycles. The van der Waals surface area contributed by atoms with Crippen molar-refractivity contribution >= 4 is 0 Å². The number of nitrogens with zero attached hydrogens (tertiary/aromatic N) is 2. The molecule has 1 atom stereocenters. The second kappa shape index (κ2) is 7.90. The van der Waals surface area contributed by atoms with Gasteiger partial charge in [-0.25, -0.2) is 0 Å². The van der Waals surface area contributed by atoms with Crippen molar-refractivity contribution in [3.63, 3.8) is 0 Å². The van der Waals surface area contributed by atoms with Gasteiger partial charge in [-0.2, -0.15) is 4.98 Å². The Morgan fingerprint density at radius 1 is 1.38 bits per heavy atom. The van der Waals surface area contributed by atoms with Crippen molar-refractivity contribution in [1.29, 1.82) is 0 Å². The molecule has 5 nitrogen and oxygen atoms in total. The number of benzene rings is 1. The van der Waals surface area contributed by atoms with Crippen LogP contribution >= 0.6 is 0 Å². The Morgan fingerprint density at radius 2 is 2.24 bits per heavy atom. The summed E-state index contributed by atoms with van der Waals surface area (Å²) in [6.45, 7) is 5.77. The van der Waals surface area contributed by atoms with E-state index in [0.717, 1.165) is 18.5 Å². The summed E-state index contributed by atoms with van der Waals surface area (Å²) in [4.78, 5) is 4.48. The molecule has 21 heavy (non-hydrogen) atoms. The van der Waals surface area contributed by atoms with Crippen molar-refractivity contribution in [3.8, 4) is 11.4 Å². The van der Waals surface area contributed by atoms with Gasteiger partial charge in [0.25, 0.3) is 0 Å². The number of ether oxygens (including phenoxy) is 1. The predicted molar refractivity (Wildman–Crippen MR) is 82.1 cm³/mol. The quantitative estimate of drug-likeness (QED) is 0.809. The minimum Gasteiger partial charge on any atom is -0.383 e. The Morgan fingerprint density at radius 3 is 2.95 bits per heavy atom. The van der Waals surface area contributed by atoms with E-state index in [-0.39, 0.29) is 6.04 Å². The van der Waals surface area contributed by atoms with Crippen molar-refractivity contribution in [3.05, 3.63) is 35.7 Å². The maximum atomic E-state index is 5.36. The van der Waals surface area contributed by atoms with E-state index in [9.17, 15) is 0 Å². The second-order valence-corrected chi connectivity index (χ2v) is 5.19. The van der Waals surface area contributed by atoms with E-state index in [1.54, 1.807) is 7.11 Å². The molecule has 2 rings (SSSR count). The van der Waals surface area contributed by atoms with E-state index in [0.29, 0.717) is 24.7 Å². The number of aromatic nitrogens is 2. The molecule has 0 aliphatic heterocycles. The minimum atomic E-state index is 0.195. The van der Waals surface area contributed by atoms with E-state index < -0.39 is 0 Å². The van der Waals surface area contributed by atoms with Gasteiger partial charge in [-0.15, -0.1) is 0 Å². The van der Waals surface area contributed by atoms with Gasteiger partial charge in [0.1, 0.15) is 0 Å². The average Bonchev–Trinajstić information content (AvgIpc) is 2.93. The topological polar surface area (TPSA) is 60.2 Å². The van der Waals surface area contributed by atoms with Crippen LogP contribution in [0.25, 0.3) is 11.4 Å². The predicted octanol–water partition coefficient (Wildman–Crippen LogP) is 2.60. The maximum absolute atomic E-state index is 5.36. The Balaban J connectivity index is 2.04. The van der Waals surface area contributed by atoms with Gasteiger partial charge in [0, 0.05) is 25.1 Å². The molecule has 0 bridgehead atoms. The summed E-state index contributed by atoms with van der Waals surface area (Å²) in [5.41, 5.74) is 2.16. The van der Waals surface area contributed by atoms with E-state index in [1.165, 1.54) is 5.56 Å². The van der Waals surface area contributed by atoms with Crippen LogP contribution in [0.1, 0.15) is 24.8 Å². The zero-order valence-corrected chi connectivity index (χ0v) is 12.9. The van der Waals surface area contributed by atoms with Crippen molar-refractivity contribution in [2.24, 2.45) is 0 Å². The largest absolute Gasteiger partial charge is 0.383 e. The van der Waals surface area contributed by atoms with Crippen LogP contribution in [0.15, 0.2) is 28.8 Å². The van der Waals surface area contributed by atoms with E-state index in [4.69, 9.17) is 9.26 Å². The molecule has 0 saturated carbocycles. The molecule has 0 spiro atoms. The second-order valence-electron chi connectivity index (χ2n) is 5.19. The van der Waals surface area contributed by atoms with Gasteiger partial charge >= 0.3 is 0 Å². The Bertz CT molecular complexity index is 554. The molecule has 2 aromatic rings. The number of aryl methyl sites for hydroxylation is 1. The smallest absolute Gasteiger partial charge is 0.228 e. The summed E-state index contributed by atoms with van der Waals surface area (Å²) in [5, 5.41) is 7.49. The van der Waals surface area contributed by atoms with Gasteiger partial charge in [-0.05, 0) is 26.0 Å². The first kappa shape index (κ1) is 15.7. The lowest BCUT2D eigenvalue weighted by Crippen LogP contribution is -2.35. The third-order valence-electron chi connectivity index (χ3n) is 3.22. The molecule has 1 unspecified atom stereocenters. The summed E-state index contributed by atoms with van der Waals surface area (Å²) in [6.07, 6.45) is 1.76. The zero-order valence-electron chi connectivity index (χ0n) is 12.9. The van der Waals surface area contributed by atoms with Crippen LogP contribution in [0.3, 0.4) is 0 Å². The third-order valence-corrected chi connectivity index (χ3v) is 3.22. The zero-order chi connectivity index (χ0) is 15.1. The van der Waals surface area contributed by atoms with Crippen molar-refractivity contribution < 1.29 is 9.26 Å². The highest BCUT2D eigenvalue weighted by molar-refractivity contribution is 5.55. The van der Waals surface area contributed by atoms with Crippen LogP contribution in [0, 0.1) is 6.92 Å². The van der Waals surface area contributed by atoms with Crippen molar-refractivity contribution in [1.82, 2.24) is 15.5 Å². The van der Waals surface area contributed by atoms with Crippen molar-refractivity contribution in [2.45, 2.75) is 32.7 Å². The minimum absolute atomic E-state index is 0.195. The van der Waals surface area contributed by atoms with E-state index in [2.05, 4.69) is 28.4 Å². The third kappa shape index (κ3) is 4.65. The molecular formula is C16H23N3O2. The molecule has 0 fully saturated rings. The Kier molecular flexibility index (Phi) is 5.90. The van der Waals surface area contributed by atoms with Gasteiger partial charge in [0.2, 0.25) is 11.7 Å². The number of nitrogens with one attached hydrogen (secondary N) is 1. The molecule has 1 N–H and O–H groups in total. The summed E-state index contributed by atoms with van der Waals surface area (Å²) >= 11 is 0. The van der Waals surface area contributed by atoms with Gasteiger partial charge in [-0.3, -0.25) is 0 Å². The molecular weight excluding hydrogens is 266 g/mol. The summed E-state index contributed by atoms with van der Waals surface area (Å²) in [7, 11) is 1.70. The van der Waals surface area contributed by atoms with Crippen LogP contribution in [0.2, 0.25) is 0 Å². The molecule has 0 aliphatic rings. The molecule has 0 amide bonds. The lowest BCUT2D eigenvalue weighted by Gasteiger charge is -2.15. The Hall–Kier alpha value is -1.72. The summed E-state index contributed by atoms with van der Waals surface area (Å²) in [6, 6.07) is 8.28. The summed E-state index contributed by atoms with van der Waals surface area (Å²) in [5.74, 6) is 1.28. The number of hydrogen-bond acceptors (Lipinski definition) is 5. The number of hydrogen-bond donors (Lipinski definition) is 1. The molecule has 1 heterocycles. The normalized spacial score (nSPS) is 12.5. The first-order valence-corrected chi connectivity index (χ1v) is 7.35. The van der Waals surface area contributed by atoms with E-state index in [1.807, 2.05) is 25.1 Å². The Labute approximate surface area is 125 Å². The molecule has 114 valence electrons. The average molecular weight is 289 g/mol. The van der Waals surface area contributed by atoms with Gasteiger partial charge < -0.3 is 14.6 Å². The van der Waals surface area contributed by atoms with Crippen LogP contribution in [-0.4, -0.2) is 36.4 Å². The monoisotopic (exact) mass is 289 g/mol. The fraction of sp³-hybridized carbons (Fsp3) is 0.500. The highest BCUT2D eigenvalue weighted by atomic mass is 16.5. The highest BCUT2D eigenvalue weighted by Gasteiger charge is 2.15. The van der Waals surface area contributed by atoms with Crippen LogP contribution in [0.5, 0.6) is 0 Å². The number of methoxy groups -OCH3 is 1. The first-order chi connectivity index (χ1) is 10.2. The van der Waals surface area contributed by atoms with E-state index >= 15 is 0 Å². The molecule has 5 heteroatoms. The SMILES string of the molecule is CCCNC(COC)Cc1nc(-c2cccc(C)c2)no1. The maximum Gasteiger partial charge on any atom is 0.228 e. The van der Waals surface area contributed by atoms with Crippen LogP contribution in [0.4, 0.5) is 0 Å². The first-order valence-electron chi connectivity index (χ1n) is 7.35. The summed E-state index contributed by atoms with van der Waals surface area (Å²) < 4.78 is 10.6.